The van der Waals surface area contributed by atoms with Gasteiger partial charge >= 0.3 is 0 Å². The van der Waals surface area contributed by atoms with Crippen molar-refractivity contribution in [3.8, 4) is 0 Å². The fraction of sp³-hybridized carbons (Fsp3) is 0.278. The van der Waals surface area contributed by atoms with Crippen molar-refractivity contribution < 1.29 is 13.2 Å². The van der Waals surface area contributed by atoms with E-state index in [1.165, 1.54) is 35.6 Å². The van der Waals surface area contributed by atoms with Crippen molar-refractivity contribution in [1.29, 1.82) is 0 Å². The van der Waals surface area contributed by atoms with Gasteiger partial charge in [0.1, 0.15) is 0 Å². The van der Waals surface area contributed by atoms with Gasteiger partial charge in [0, 0.05) is 23.1 Å². The van der Waals surface area contributed by atoms with Crippen LogP contribution in [0.5, 0.6) is 0 Å². The average molecular weight is 425 g/mol. The number of benzene rings is 2. The molecule has 1 amide bonds. The quantitative estimate of drug-likeness (QED) is 0.787. The van der Waals surface area contributed by atoms with Crippen molar-refractivity contribution in [1.82, 2.24) is 4.31 Å². The molecule has 0 unspecified atom stereocenters. The number of anilines is 1. The molecular formula is C18H21BrN2O3S. The second-order valence-corrected chi connectivity index (χ2v) is 8.93. The Morgan fingerprint density at radius 2 is 1.72 bits per heavy atom. The van der Waals surface area contributed by atoms with Crippen LogP contribution in [0.2, 0.25) is 0 Å². The van der Waals surface area contributed by atoms with Crippen LogP contribution in [0, 0.1) is 6.92 Å². The van der Waals surface area contributed by atoms with Gasteiger partial charge in [-0.1, -0.05) is 6.07 Å². The van der Waals surface area contributed by atoms with Gasteiger partial charge in [0.05, 0.1) is 10.6 Å². The minimum absolute atomic E-state index is 0.146. The molecule has 2 rings (SSSR count). The third-order valence-corrected chi connectivity index (χ3v) is 6.60. The maximum absolute atomic E-state index is 12.4. The number of carbonyl (C=O) groups excluding carboxylic acids is 1. The lowest BCUT2D eigenvalue weighted by Crippen LogP contribution is -2.33. The fourth-order valence-electron chi connectivity index (χ4n) is 2.14. The molecule has 0 radical (unpaired) electrons. The van der Waals surface area contributed by atoms with E-state index in [1.54, 1.807) is 13.8 Å². The van der Waals surface area contributed by atoms with Crippen LogP contribution in [0.15, 0.2) is 51.8 Å². The Kier molecular flexibility index (Phi) is 6.03. The van der Waals surface area contributed by atoms with Gasteiger partial charge in [0.2, 0.25) is 10.0 Å². The van der Waals surface area contributed by atoms with Crippen LogP contribution in [-0.4, -0.2) is 31.7 Å². The minimum atomic E-state index is -3.56. The normalized spacial score (nSPS) is 11.8. The Balaban J connectivity index is 2.21. The minimum Gasteiger partial charge on any atom is -0.321 e. The highest BCUT2D eigenvalue weighted by Gasteiger charge is 2.23. The molecule has 2 aromatic rings. The van der Waals surface area contributed by atoms with Gasteiger partial charge in [0.15, 0.2) is 0 Å². The van der Waals surface area contributed by atoms with E-state index in [4.69, 9.17) is 0 Å². The zero-order valence-electron chi connectivity index (χ0n) is 14.6. The number of halogens is 1. The highest BCUT2D eigenvalue weighted by molar-refractivity contribution is 9.10. The number of carbonyl (C=O) groups is 1. The highest BCUT2D eigenvalue weighted by atomic mass is 79.9. The van der Waals surface area contributed by atoms with Gasteiger partial charge in [0.25, 0.3) is 5.91 Å². The number of nitrogens with zero attached hydrogens (tertiary/aromatic N) is 1. The van der Waals surface area contributed by atoms with Crippen LogP contribution >= 0.6 is 15.9 Å². The summed E-state index contributed by atoms with van der Waals surface area (Å²) in [7, 11) is -2.02. The third kappa shape index (κ3) is 4.48. The highest BCUT2D eigenvalue weighted by Crippen LogP contribution is 2.24. The molecule has 0 bridgehead atoms. The number of sulfonamides is 1. The zero-order valence-corrected chi connectivity index (χ0v) is 17.0. The topological polar surface area (TPSA) is 66.5 Å². The first-order valence-electron chi connectivity index (χ1n) is 7.78. The molecule has 0 saturated heterocycles. The summed E-state index contributed by atoms with van der Waals surface area (Å²) in [5.41, 5.74) is 2.12. The van der Waals surface area contributed by atoms with Gasteiger partial charge in [-0.15, -0.1) is 0 Å². The maximum Gasteiger partial charge on any atom is 0.255 e. The number of hydrogen-bond acceptors (Lipinski definition) is 3. The van der Waals surface area contributed by atoms with Crippen LogP contribution in [-0.2, 0) is 10.0 Å². The van der Waals surface area contributed by atoms with E-state index in [1.807, 2.05) is 25.1 Å². The second-order valence-electron chi connectivity index (χ2n) is 6.08. The number of amides is 1. The van der Waals surface area contributed by atoms with Crippen molar-refractivity contribution in [3.05, 3.63) is 58.1 Å². The van der Waals surface area contributed by atoms with Gasteiger partial charge in [-0.05, 0) is 78.7 Å². The molecule has 0 aromatic heterocycles. The Labute approximate surface area is 157 Å². The monoisotopic (exact) mass is 424 g/mol. The molecule has 0 saturated carbocycles. The van der Waals surface area contributed by atoms with Gasteiger partial charge in [-0.2, -0.15) is 4.31 Å². The second kappa shape index (κ2) is 7.68. The van der Waals surface area contributed by atoms with Crippen molar-refractivity contribution in [3.63, 3.8) is 0 Å². The molecule has 2 aromatic carbocycles. The van der Waals surface area contributed by atoms with E-state index in [2.05, 4.69) is 21.2 Å². The molecule has 25 heavy (non-hydrogen) atoms. The lowest BCUT2D eigenvalue weighted by atomic mass is 10.2. The first kappa shape index (κ1) is 19.6. The molecule has 1 N–H and O–H groups in total. The smallest absolute Gasteiger partial charge is 0.255 e. The first-order chi connectivity index (χ1) is 11.6. The standard InChI is InChI=1S/C18H21BrN2O3S/c1-12(2)21(4)25(23,24)15-8-6-14(7-9-15)18(22)20-17-10-5-13(3)11-16(17)19/h5-12H,1-4H3,(H,20,22). The van der Waals surface area contributed by atoms with Crippen LogP contribution in [0.3, 0.4) is 0 Å². The Bertz CT molecular complexity index is 878. The molecule has 0 fully saturated rings. The van der Waals surface area contributed by atoms with E-state index in [-0.39, 0.29) is 16.8 Å². The summed E-state index contributed by atoms with van der Waals surface area (Å²) in [4.78, 5) is 12.5. The summed E-state index contributed by atoms with van der Waals surface area (Å²) >= 11 is 3.42. The Morgan fingerprint density at radius 1 is 1.12 bits per heavy atom. The molecule has 0 atom stereocenters. The summed E-state index contributed by atoms with van der Waals surface area (Å²) in [6.07, 6.45) is 0. The molecule has 0 aliphatic carbocycles. The number of rotatable bonds is 5. The molecule has 5 nitrogen and oxygen atoms in total. The lowest BCUT2D eigenvalue weighted by molar-refractivity contribution is 0.102. The van der Waals surface area contributed by atoms with Crippen molar-refractivity contribution in [2.45, 2.75) is 31.7 Å². The average Bonchev–Trinajstić information content (AvgIpc) is 2.56. The van der Waals surface area contributed by atoms with Gasteiger partial charge in [-0.25, -0.2) is 8.42 Å². The van der Waals surface area contributed by atoms with Crippen molar-refractivity contribution in [2.24, 2.45) is 0 Å². The predicted octanol–water partition coefficient (Wildman–Crippen LogP) is 4.04. The summed E-state index contributed by atoms with van der Waals surface area (Å²) in [6.45, 7) is 5.57. The van der Waals surface area contributed by atoms with E-state index >= 15 is 0 Å². The summed E-state index contributed by atoms with van der Waals surface area (Å²) in [5, 5.41) is 2.81. The van der Waals surface area contributed by atoms with E-state index < -0.39 is 10.0 Å². The van der Waals surface area contributed by atoms with Crippen LogP contribution in [0.4, 0.5) is 5.69 Å². The summed E-state index contributed by atoms with van der Waals surface area (Å²) < 4.78 is 27.0. The van der Waals surface area contributed by atoms with E-state index in [9.17, 15) is 13.2 Å². The Morgan fingerprint density at radius 3 is 2.24 bits per heavy atom. The van der Waals surface area contributed by atoms with Crippen molar-refractivity contribution >= 4 is 37.5 Å². The summed E-state index contributed by atoms with van der Waals surface area (Å²) in [5.74, 6) is -0.300. The zero-order chi connectivity index (χ0) is 18.8. The largest absolute Gasteiger partial charge is 0.321 e. The maximum atomic E-state index is 12.4. The lowest BCUT2D eigenvalue weighted by Gasteiger charge is -2.21. The van der Waals surface area contributed by atoms with Crippen molar-refractivity contribution in [2.75, 3.05) is 12.4 Å². The van der Waals surface area contributed by atoms with Crippen LogP contribution in [0.25, 0.3) is 0 Å². The molecule has 0 heterocycles. The molecular weight excluding hydrogens is 404 g/mol. The molecule has 0 aliphatic rings. The van der Waals surface area contributed by atoms with E-state index in [0.29, 0.717) is 11.3 Å². The molecule has 0 aliphatic heterocycles. The fourth-order valence-corrected chi connectivity index (χ4v) is 4.10. The summed E-state index contributed by atoms with van der Waals surface area (Å²) in [6, 6.07) is 11.4. The van der Waals surface area contributed by atoms with Gasteiger partial charge in [-0.3, -0.25) is 4.79 Å². The van der Waals surface area contributed by atoms with Gasteiger partial charge < -0.3 is 5.32 Å². The molecule has 0 spiro atoms. The van der Waals surface area contributed by atoms with Crippen LogP contribution in [0.1, 0.15) is 29.8 Å². The predicted molar refractivity (Wildman–Crippen MR) is 103 cm³/mol. The number of aryl methyl sites for hydroxylation is 1. The molecule has 134 valence electrons. The molecule has 7 heteroatoms. The third-order valence-electron chi connectivity index (χ3n) is 3.89. The first-order valence-corrected chi connectivity index (χ1v) is 10.0. The number of hydrogen-bond donors (Lipinski definition) is 1. The van der Waals surface area contributed by atoms with Crippen LogP contribution < -0.4 is 5.32 Å². The number of nitrogens with one attached hydrogen (secondary N) is 1. The van der Waals surface area contributed by atoms with E-state index in [0.717, 1.165) is 10.0 Å². The Hall–Kier alpha value is -1.70. The SMILES string of the molecule is Cc1ccc(NC(=O)c2ccc(S(=O)(=O)N(C)C(C)C)cc2)c(Br)c1.